The lowest BCUT2D eigenvalue weighted by molar-refractivity contribution is -0.121. The van der Waals surface area contributed by atoms with E-state index in [2.05, 4.69) is 41.7 Å². The van der Waals surface area contributed by atoms with Gasteiger partial charge in [-0.05, 0) is 37.7 Å². The molecule has 0 radical (unpaired) electrons. The molecule has 0 bridgehead atoms. The molecule has 1 aliphatic heterocycles. The van der Waals surface area contributed by atoms with Gasteiger partial charge in [0.2, 0.25) is 11.7 Å². The fraction of sp³-hybridized carbons (Fsp3) is 0.450. The lowest BCUT2D eigenvalue weighted by Crippen LogP contribution is -2.43. The molecule has 3 rings (SSSR count). The minimum Gasteiger partial charge on any atom is -0.356 e. The van der Waals surface area contributed by atoms with Crippen LogP contribution in [0.1, 0.15) is 40.9 Å². The summed E-state index contributed by atoms with van der Waals surface area (Å²) < 4.78 is 4.95. The van der Waals surface area contributed by atoms with Crippen molar-refractivity contribution in [3.63, 3.8) is 0 Å². The smallest absolute Gasteiger partial charge is 0.292 e. The molecule has 0 aliphatic carbocycles. The van der Waals surface area contributed by atoms with Crippen molar-refractivity contribution < 1.29 is 14.1 Å². The lowest BCUT2D eigenvalue weighted by atomic mass is 9.97. The molecule has 1 saturated heterocycles. The Hall–Kier alpha value is -2.63. The molecule has 2 amide bonds. The fourth-order valence-electron chi connectivity index (χ4n) is 3.26. The Morgan fingerprint density at radius 3 is 2.81 bits per heavy atom. The molecule has 1 aliphatic rings. The van der Waals surface area contributed by atoms with E-state index < -0.39 is 0 Å². The van der Waals surface area contributed by atoms with Crippen LogP contribution in [-0.4, -0.2) is 41.5 Å². The normalized spacial score (nSPS) is 17.1. The molecule has 26 heavy (non-hydrogen) atoms. The Morgan fingerprint density at radius 1 is 1.27 bits per heavy atom. The third-order valence-electron chi connectivity index (χ3n) is 4.80. The Balaban J connectivity index is 1.41. The predicted molar refractivity (Wildman–Crippen MR) is 97.6 cm³/mol. The van der Waals surface area contributed by atoms with Gasteiger partial charge in [0, 0.05) is 32.1 Å². The molecule has 2 aromatic rings. The summed E-state index contributed by atoms with van der Waals surface area (Å²) in [5.74, 6) is 0.480. The van der Waals surface area contributed by atoms with E-state index in [0.29, 0.717) is 19.5 Å². The molecule has 1 aromatic carbocycles. The number of rotatable bonds is 6. The molecule has 1 fully saturated rings. The molecule has 0 saturated carbocycles. The van der Waals surface area contributed by atoms with Gasteiger partial charge in [-0.3, -0.25) is 9.59 Å². The number of carbonyl (C=O) groups excluding carboxylic acids is 2. The zero-order valence-corrected chi connectivity index (χ0v) is 15.1. The maximum absolute atomic E-state index is 12.3. The molecule has 1 atom stereocenters. The molecule has 0 spiro atoms. The van der Waals surface area contributed by atoms with Gasteiger partial charge in [-0.1, -0.05) is 35.0 Å². The Labute approximate surface area is 153 Å². The molecular formula is C20H25N3O3. The number of aryl methyl sites for hydroxylation is 2. The highest BCUT2D eigenvalue weighted by Crippen LogP contribution is 2.18. The van der Waals surface area contributed by atoms with Gasteiger partial charge in [-0.25, -0.2) is 0 Å². The SMILES string of the molecule is Cc1ccc(CCC(=O)NCC2CCCN(C(=O)c3ccno3)C2)cc1. The van der Waals surface area contributed by atoms with Crippen molar-refractivity contribution in [3.8, 4) is 0 Å². The number of hydrogen-bond acceptors (Lipinski definition) is 4. The maximum Gasteiger partial charge on any atom is 0.292 e. The number of piperidine rings is 1. The molecule has 138 valence electrons. The van der Waals surface area contributed by atoms with Crippen LogP contribution in [0, 0.1) is 12.8 Å². The average Bonchev–Trinajstić information content (AvgIpc) is 3.20. The van der Waals surface area contributed by atoms with Crippen molar-refractivity contribution in [3.05, 3.63) is 53.4 Å². The summed E-state index contributed by atoms with van der Waals surface area (Å²) in [7, 11) is 0. The van der Waals surface area contributed by atoms with Crippen LogP contribution in [0.25, 0.3) is 0 Å². The van der Waals surface area contributed by atoms with Crippen LogP contribution in [0.4, 0.5) is 0 Å². The van der Waals surface area contributed by atoms with Gasteiger partial charge in [0.1, 0.15) is 0 Å². The first-order chi connectivity index (χ1) is 12.6. The summed E-state index contributed by atoms with van der Waals surface area (Å²) in [4.78, 5) is 26.2. The quantitative estimate of drug-likeness (QED) is 0.864. The number of hydrogen-bond donors (Lipinski definition) is 1. The van der Waals surface area contributed by atoms with Crippen molar-refractivity contribution in [2.45, 2.75) is 32.6 Å². The summed E-state index contributed by atoms with van der Waals surface area (Å²) >= 11 is 0. The molecule has 6 heteroatoms. The molecule has 1 unspecified atom stereocenters. The van der Waals surface area contributed by atoms with Crippen molar-refractivity contribution >= 4 is 11.8 Å². The Morgan fingerprint density at radius 2 is 2.08 bits per heavy atom. The lowest BCUT2D eigenvalue weighted by Gasteiger charge is -2.32. The molecule has 1 aromatic heterocycles. The summed E-state index contributed by atoms with van der Waals surface area (Å²) in [5.41, 5.74) is 2.40. The van der Waals surface area contributed by atoms with Gasteiger partial charge < -0.3 is 14.7 Å². The second-order valence-electron chi connectivity index (χ2n) is 6.93. The number of benzene rings is 1. The van der Waals surface area contributed by atoms with Crippen LogP contribution in [0.15, 0.2) is 41.1 Å². The number of nitrogens with zero attached hydrogens (tertiary/aromatic N) is 2. The first-order valence-corrected chi connectivity index (χ1v) is 9.14. The van der Waals surface area contributed by atoms with E-state index in [1.165, 1.54) is 17.3 Å². The van der Waals surface area contributed by atoms with Crippen molar-refractivity contribution in [2.75, 3.05) is 19.6 Å². The summed E-state index contributed by atoms with van der Waals surface area (Å²) in [5, 5.41) is 6.60. The number of amides is 2. The second kappa shape index (κ2) is 8.65. The van der Waals surface area contributed by atoms with Crippen molar-refractivity contribution in [2.24, 2.45) is 5.92 Å². The van der Waals surface area contributed by atoms with Crippen LogP contribution < -0.4 is 5.32 Å². The zero-order valence-electron chi connectivity index (χ0n) is 15.1. The van der Waals surface area contributed by atoms with Crippen LogP contribution in [0.2, 0.25) is 0 Å². The number of aromatic nitrogens is 1. The average molecular weight is 355 g/mol. The first kappa shape index (κ1) is 18.2. The van der Waals surface area contributed by atoms with E-state index in [4.69, 9.17) is 4.52 Å². The van der Waals surface area contributed by atoms with E-state index in [1.807, 2.05) is 0 Å². The highest BCUT2D eigenvalue weighted by atomic mass is 16.5. The molecule has 6 nitrogen and oxygen atoms in total. The van der Waals surface area contributed by atoms with E-state index >= 15 is 0 Å². The van der Waals surface area contributed by atoms with Gasteiger partial charge in [0.05, 0.1) is 6.20 Å². The minimum atomic E-state index is -0.127. The van der Waals surface area contributed by atoms with Crippen molar-refractivity contribution in [1.82, 2.24) is 15.4 Å². The van der Waals surface area contributed by atoms with Gasteiger partial charge in [-0.2, -0.15) is 0 Å². The van der Waals surface area contributed by atoms with Crippen LogP contribution in [0.5, 0.6) is 0 Å². The Bertz CT molecular complexity index is 725. The fourth-order valence-corrected chi connectivity index (χ4v) is 3.26. The molecule has 1 N–H and O–H groups in total. The van der Waals surface area contributed by atoms with Crippen LogP contribution in [-0.2, 0) is 11.2 Å². The number of carbonyl (C=O) groups is 2. The predicted octanol–water partition coefficient (Wildman–Crippen LogP) is 2.58. The van der Waals surface area contributed by atoms with Gasteiger partial charge >= 0.3 is 0 Å². The summed E-state index contributed by atoms with van der Waals surface area (Å²) in [6.45, 7) is 4.01. The summed E-state index contributed by atoms with van der Waals surface area (Å²) in [6, 6.07) is 9.84. The third kappa shape index (κ3) is 4.94. The highest BCUT2D eigenvalue weighted by Gasteiger charge is 2.26. The third-order valence-corrected chi connectivity index (χ3v) is 4.80. The Kier molecular flexibility index (Phi) is 6.04. The van der Waals surface area contributed by atoms with E-state index in [1.54, 1.807) is 11.0 Å². The van der Waals surface area contributed by atoms with E-state index in [0.717, 1.165) is 25.8 Å². The second-order valence-corrected chi connectivity index (χ2v) is 6.93. The van der Waals surface area contributed by atoms with E-state index in [9.17, 15) is 9.59 Å². The van der Waals surface area contributed by atoms with Crippen LogP contribution in [0.3, 0.4) is 0 Å². The van der Waals surface area contributed by atoms with Gasteiger partial charge in [0.25, 0.3) is 5.91 Å². The number of likely N-dealkylation sites (tertiary alicyclic amines) is 1. The van der Waals surface area contributed by atoms with Gasteiger partial charge in [0.15, 0.2) is 0 Å². The first-order valence-electron chi connectivity index (χ1n) is 9.14. The zero-order chi connectivity index (χ0) is 18.4. The highest BCUT2D eigenvalue weighted by molar-refractivity contribution is 5.91. The monoisotopic (exact) mass is 355 g/mol. The largest absolute Gasteiger partial charge is 0.356 e. The number of nitrogens with one attached hydrogen (secondary N) is 1. The molecular weight excluding hydrogens is 330 g/mol. The molecule has 2 heterocycles. The standard InChI is InChI=1S/C20H25N3O3/c1-15-4-6-16(7-5-15)8-9-19(24)21-13-17-3-2-12-23(14-17)20(25)18-10-11-22-26-18/h4-7,10-11,17H,2-3,8-9,12-14H2,1H3,(H,21,24). The summed E-state index contributed by atoms with van der Waals surface area (Å²) in [6.07, 6.45) is 4.65. The topological polar surface area (TPSA) is 75.4 Å². The van der Waals surface area contributed by atoms with Gasteiger partial charge in [-0.15, -0.1) is 0 Å². The maximum atomic E-state index is 12.3. The van der Waals surface area contributed by atoms with Crippen molar-refractivity contribution in [1.29, 1.82) is 0 Å². The van der Waals surface area contributed by atoms with E-state index in [-0.39, 0.29) is 23.5 Å². The minimum absolute atomic E-state index is 0.0595. The van der Waals surface area contributed by atoms with Crippen LogP contribution >= 0.6 is 0 Å².